The van der Waals surface area contributed by atoms with E-state index in [0.29, 0.717) is 6.42 Å². The summed E-state index contributed by atoms with van der Waals surface area (Å²) in [7, 11) is -3.15. The highest BCUT2D eigenvalue weighted by molar-refractivity contribution is 7.88. The molecule has 138 valence electrons. The van der Waals surface area contributed by atoms with Crippen LogP contribution in [-0.4, -0.2) is 43.0 Å². The summed E-state index contributed by atoms with van der Waals surface area (Å²) in [6.07, 6.45) is 5.80. The van der Waals surface area contributed by atoms with E-state index in [1.54, 1.807) is 4.31 Å². The highest BCUT2D eigenvalue weighted by Crippen LogP contribution is 2.37. The van der Waals surface area contributed by atoms with Crippen LogP contribution in [0.15, 0.2) is 18.2 Å². The molecule has 0 spiro atoms. The van der Waals surface area contributed by atoms with Gasteiger partial charge in [-0.1, -0.05) is 18.2 Å². The van der Waals surface area contributed by atoms with Gasteiger partial charge in [0.15, 0.2) is 0 Å². The first kappa shape index (κ1) is 18.4. The normalized spacial score (nSPS) is 26.6. The van der Waals surface area contributed by atoms with E-state index in [4.69, 9.17) is 0 Å². The van der Waals surface area contributed by atoms with Crippen molar-refractivity contribution in [1.82, 2.24) is 9.62 Å². The second-order valence-electron chi connectivity index (χ2n) is 7.63. The van der Waals surface area contributed by atoms with Crippen molar-refractivity contribution in [2.24, 2.45) is 0 Å². The van der Waals surface area contributed by atoms with Crippen molar-refractivity contribution >= 4 is 15.9 Å². The first-order valence-electron chi connectivity index (χ1n) is 9.08. The Hall–Kier alpha value is -1.40. The van der Waals surface area contributed by atoms with E-state index in [-0.39, 0.29) is 24.0 Å². The lowest BCUT2D eigenvalue weighted by atomic mass is 9.99. The molecule has 2 atom stereocenters. The Morgan fingerprint density at radius 3 is 2.36 bits per heavy atom. The summed E-state index contributed by atoms with van der Waals surface area (Å²) in [6.45, 7) is 4.17. The van der Waals surface area contributed by atoms with Gasteiger partial charge in [-0.3, -0.25) is 4.79 Å². The van der Waals surface area contributed by atoms with Crippen molar-refractivity contribution in [3.63, 3.8) is 0 Å². The van der Waals surface area contributed by atoms with Crippen LogP contribution in [0.3, 0.4) is 0 Å². The minimum absolute atomic E-state index is 0.0544. The van der Waals surface area contributed by atoms with Crippen LogP contribution in [0.5, 0.6) is 0 Å². The Morgan fingerprint density at radius 2 is 1.80 bits per heavy atom. The molecule has 2 unspecified atom stereocenters. The summed E-state index contributed by atoms with van der Waals surface area (Å²) >= 11 is 0. The van der Waals surface area contributed by atoms with Crippen LogP contribution < -0.4 is 5.32 Å². The first-order valence-corrected chi connectivity index (χ1v) is 10.9. The topological polar surface area (TPSA) is 66.5 Å². The van der Waals surface area contributed by atoms with Crippen molar-refractivity contribution in [2.75, 3.05) is 6.26 Å². The molecule has 1 amide bonds. The van der Waals surface area contributed by atoms with Crippen molar-refractivity contribution in [3.05, 3.63) is 34.9 Å². The quantitative estimate of drug-likeness (QED) is 0.872. The molecule has 1 N–H and O–H groups in total. The van der Waals surface area contributed by atoms with E-state index >= 15 is 0 Å². The molecule has 0 radical (unpaired) electrons. The highest BCUT2D eigenvalue weighted by atomic mass is 32.2. The molecule has 2 heterocycles. The van der Waals surface area contributed by atoms with Gasteiger partial charge >= 0.3 is 0 Å². The summed E-state index contributed by atoms with van der Waals surface area (Å²) in [5, 5.41) is 3.13. The van der Waals surface area contributed by atoms with Gasteiger partial charge in [-0.25, -0.2) is 8.42 Å². The predicted molar refractivity (Wildman–Crippen MR) is 98.9 cm³/mol. The third kappa shape index (κ3) is 4.23. The molecule has 2 saturated heterocycles. The number of carbonyl (C=O) groups excluding carboxylic acids is 1. The second-order valence-corrected chi connectivity index (χ2v) is 9.52. The van der Waals surface area contributed by atoms with Gasteiger partial charge in [-0.15, -0.1) is 0 Å². The Kier molecular flexibility index (Phi) is 5.21. The van der Waals surface area contributed by atoms with Crippen molar-refractivity contribution in [2.45, 2.75) is 70.5 Å². The van der Waals surface area contributed by atoms with E-state index in [9.17, 15) is 13.2 Å². The molecule has 5 nitrogen and oxygen atoms in total. The fraction of sp³-hybridized carbons (Fsp3) is 0.632. The average Bonchev–Trinajstić information content (AvgIpc) is 2.81. The lowest BCUT2D eigenvalue weighted by Crippen LogP contribution is -2.52. The SMILES string of the molecule is Cc1ccc(CCC(=O)NC2CC3CCC(C2)N3S(C)(=O)=O)cc1C. The zero-order valence-electron chi connectivity index (χ0n) is 15.3. The number of sulfonamides is 1. The van der Waals surface area contributed by atoms with Gasteiger partial charge in [0.1, 0.15) is 0 Å². The molecule has 2 aliphatic heterocycles. The lowest BCUT2D eigenvalue weighted by molar-refractivity contribution is -0.122. The predicted octanol–water partition coefficient (Wildman–Crippen LogP) is 2.31. The number of carbonyl (C=O) groups is 1. The van der Waals surface area contributed by atoms with Gasteiger partial charge in [0.2, 0.25) is 15.9 Å². The molecule has 6 heteroatoms. The maximum Gasteiger partial charge on any atom is 0.220 e. The van der Waals surface area contributed by atoms with Gasteiger partial charge in [0, 0.05) is 24.5 Å². The Morgan fingerprint density at radius 1 is 1.16 bits per heavy atom. The maximum atomic E-state index is 12.3. The van der Waals surface area contributed by atoms with E-state index in [0.717, 1.165) is 32.1 Å². The van der Waals surface area contributed by atoms with Crippen LogP contribution in [0.25, 0.3) is 0 Å². The summed E-state index contributed by atoms with van der Waals surface area (Å²) in [5.74, 6) is 0.0652. The van der Waals surface area contributed by atoms with Crippen LogP contribution in [-0.2, 0) is 21.2 Å². The number of rotatable bonds is 5. The molecule has 3 rings (SSSR count). The number of hydrogen-bond acceptors (Lipinski definition) is 3. The summed E-state index contributed by atoms with van der Waals surface area (Å²) < 4.78 is 25.5. The summed E-state index contributed by atoms with van der Waals surface area (Å²) in [4.78, 5) is 12.3. The van der Waals surface area contributed by atoms with Gasteiger partial charge in [-0.05, 0) is 62.6 Å². The first-order chi connectivity index (χ1) is 11.7. The lowest BCUT2D eigenvalue weighted by Gasteiger charge is -2.37. The van der Waals surface area contributed by atoms with E-state index in [1.165, 1.54) is 22.9 Å². The summed E-state index contributed by atoms with van der Waals surface area (Å²) in [6, 6.07) is 6.54. The Labute approximate surface area is 150 Å². The van der Waals surface area contributed by atoms with Gasteiger partial charge < -0.3 is 5.32 Å². The largest absolute Gasteiger partial charge is 0.353 e. The monoisotopic (exact) mass is 364 g/mol. The number of fused-ring (bicyclic) bond motifs is 2. The highest BCUT2D eigenvalue weighted by Gasteiger charge is 2.45. The zero-order chi connectivity index (χ0) is 18.2. The van der Waals surface area contributed by atoms with Gasteiger partial charge in [0.25, 0.3) is 0 Å². The van der Waals surface area contributed by atoms with Crippen molar-refractivity contribution in [1.29, 1.82) is 0 Å². The second kappa shape index (κ2) is 7.08. The zero-order valence-corrected chi connectivity index (χ0v) is 16.1. The third-order valence-corrected chi connectivity index (χ3v) is 6.99. The van der Waals surface area contributed by atoms with Crippen LogP contribution in [0.4, 0.5) is 0 Å². The molecule has 0 aromatic heterocycles. The molecule has 2 aliphatic rings. The van der Waals surface area contributed by atoms with Crippen molar-refractivity contribution in [3.8, 4) is 0 Å². The molecule has 1 aromatic rings. The number of nitrogens with zero attached hydrogens (tertiary/aromatic N) is 1. The van der Waals surface area contributed by atoms with Crippen LogP contribution in [0, 0.1) is 13.8 Å². The molecular formula is C19H28N2O3S. The van der Waals surface area contributed by atoms with E-state index < -0.39 is 10.0 Å². The molecular weight excluding hydrogens is 336 g/mol. The molecule has 2 bridgehead atoms. The fourth-order valence-corrected chi connectivity index (χ4v) is 5.78. The fourth-order valence-electron chi connectivity index (χ4n) is 4.31. The van der Waals surface area contributed by atoms with Crippen molar-refractivity contribution < 1.29 is 13.2 Å². The molecule has 0 aliphatic carbocycles. The Bertz CT molecular complexity index is 746. The maximum absolute atomic E-state index is 12.3. The van der Waals surface area contributed by atoms with Gasteiger partial charge in [-0.2, -0.15) is 4.31 Å². The smallest absolute Gasteiger partial charge is 0.220 e. The molecule has 25 heavy (non-hydrogen) atoms. The number of benzene rings is 1. The minimum Gasteiger partial charge on any atom is -0.353 e. The van der Waals surface area contributed by atoms with Crippen LogP contribution in [0.1, 0.15) is 48.8 Å². The van der Waals surface area contributed by atoms with Crippen LogP contribution >= 0.6 is 0 Å². The van der Waals surface area contributed by atoms with Crippen LogP contribution in [0.2, 0.25) is 0 Å². The standard InChI is InChI=1S/C19H28N2O3S/c1-13-4-5-15(10-14(13)2)6-9-19(22)20-16-11-17-7-8-18(12-16)21(17)25(3,23)24/h4-5,10,16-18H,6-9,11-12H2,1-3H3,(H,20,22). The number of hydrogen-bond donors (Lipinski definition) is 1. The molecule has 0 saturated carbocycles. The van der Waals surface area contributed by atoms with E-state index in [1.807, 2.05) is 0 Å². The number of amides is 1. The van der Waals surface area contributed by atoms with Gasteiger partial charge in [0.05, 0.1) is 6.26 Å². The molecule has 1 aromatic carbocycles. The third-order valence-electron chi connectivity index (χ3n) is 5.63. The van der Waals surface area contributed by atoms with E-state index in [2.05, 4.69) is 37.4 Å². The minimum atomic E-state index is -3.15. The molecule has 2 fully saturated rings. The summed E-state index contributed by atoms with van der Waals surface area (Å²) in [5.41, 5.74) is 3.70. The average molecular weight is 365 g/mol. The Balaban J connectivity index is 1.52. The number of piperidine rings is 1. The number of aryl methyl sites for hydroxylation is 3. The number of nitrogens with one attached hydrogen (secondary N) is 1.